The molecule has 0 saturated carbocycles. The van der Waals surface area contributed by atoms with E-state index in [-0.39, 0.29) is 0 Å². The summed E-state index contributed by atoms with van der Waals surface area (Å²) in [5, 5.41) is 0. The number of benzene rings is 1. The fourth-order valence-corrected chi connectivity index (χ4v) is 2.16. The molecule has 1 aliphatic heterocycles. The summed E-state index contributed by atoms with van der Waals surface area (Å²) in [7, 11) is 3.90. The van der Waals surface area contributed by atoms with E-state index in [9.17, 15) is 0 Å². The Kier molecular flexibility index (Phi) is 4.79. The molecule has 0 aliphatic carbocycles. The molecule has 1 saturated heterocycles. The van der Waals surface area contributed by atoms with E-state index in [4.69, 9.17) is 4.74 Å². The van der Waals surface area contributed by atoms with Crippen LogP contribution in [0, 0.1) is 0 Å². The monoisotopic (exact) mass is 246 g/mol. The summed E-state index contributed by atoms with van der Waals surface area (Å²) < 4.78 is 5.33. The second-order valence-electron chi connectivity index (χ2n) is 4.75. The highest BCUT2D eigenvalue weighted by Crippen LogP contribution is 2.18. The lowest BCUT2D eigenvalue weighted by Crippen LogP contribution is -2.44. The standard InChI is InChI=1S/C15H22N2O/c1-16-10-12-17(13-11-16)9-5-7-14-6-3-4-8-15(14)18-2/h3-8H,9-13H2,1-2H3. The summed E-state index contributed by atoms with van der Waals surface area (Å²) in [5.41, 5.74) is 1.15. The molecule has 98 valence electrons. The first kappa shape index (κ1) is 13.1. The lowest BCUT2D eigenvalue weighted by molar-refractivity contribution is 0.167. The number of ether oxygens (including phenoxy) is 1. The minimum Gasteiger partial charge on any atom is -0.496 e. The van der Waals surface area contributed by atoms with E-state index in [0.29, 0.717) is 0 Å². The number of piperazine rings is 1. The van der Waals surface area contributed by atoms with Crippen molar-refractivity contribution in [1.29, 1.82) is 0 Å². The predicted molar refractivity (Wildman–Crippen MR) is 76.0 cm³/mol. The second kappa shape index (κ2) is 6.57. The van der Waals surface area contributed by atoms with Crippen LogP contribution in [-0.2, 0) is 0 Å². The quantitative estimate of drug-likeness (QED) is 0.807. The van der Waals surface area contributed by atoms with Crippen LogP contribution in [0.3, 0.4) is 0 Å². The average Bonchev–Trinajstić information content (AvgIpc) is 2.41. The Bertz CT molecular complexity index is 395. The van der Waals surface area contributed by atoms with Gasteiger partial charge in [-0.2, -0.15) is 0 Å². The smallest absolute Gasteiger partial charge is 0.126 e. The number of nitrogens with zero attached hydrogens (tertiary/aromatic N) is 2. The van der Waals surface area contributed by atoms with Gasteiger partial charge in [0.25, 0.3) is 0 Å². The lowest BCUT2D eigenvalue weighted by atomic mass is 10.2. The molecule has 3 heteroatoms. The number of methoxy groups -OCH3 is 1. The maximum absolute atomic E-state index is 5.33. The third-order valence-corrected chi connectivity index (χ3v) is 3.40. The zero-order chi connectivity index (χ0) is 12.8. The summed E-state index contributed by atoms with van der Waals surface area (Å²) in [5.74, 6) is 0.937. The van der Waals surface area contributed by atoms with Crippen LogP contribution in [0.1, 0.15) is 5.56 Å². The van der Waals surface area contributed by atoms with E-state index < -0.39 is 0 Å². The molecule has 0 aromatic heterocycles. The summed E-state index contributed by atoms with van der Waals surface area (Å²) in [6.07, 6.45) is 4.38. The molecule has 0 amide bonds. The lowest BCUT2D eigenvalue weighted by Gasteiger charge is -2.31. The first-order chi connectivity index (χ1) is 8.79. The van der Waals surface area contributed by atoms with Gasteiger partial charge in [-0.05, 0) is 13.1 Å². The fraction of sp³-hybridized carbons (Fsp3) is 0.467. The van der Waals surface area contributed by atoms with E-state index in [0.717, 1.165) is 30.9 Å². The highest BCUT2D eigenvalue weighted by atomic mass is 16.5. The van der Waals surface area contributed by atoms with E-state index >= 15 is 0 Å². The molecule has 0 radical (unpaired) electrons. The van der Waals surface area contributed by atoms with E-state index in [1.54, 1.807) is 7.11 Å². The van der Waals surface area contributed by atoms with Crippen molar-refractivity contribution in [3.05, 3.63) is 35.9 Å². The van der Waals surface area contributed by atoms with Gasteiger partial charge in [-0.3, -0.25) is 4.90 Å². The minimum absolute atomic E-state index is 0.937. The third kappa shape index (κ3) is 3.59. The normalized spacial score (nSPS) is 18.3. The number of hydrogen-bond donors (Lipinski definition) is 0. The largest absolute Gasteiger partial charge is 0.496 e. The molecule has 1 fully saturated rings. The van der Waals surface area contributed by atoms with Crippen LogP contribution >= 0.6 is 0 Å². The van der Waals surface area contributed by atoms with Gasteiger partial charge in [0.1, 0.15) is 5.75 Å². The topological polar surface area (TPSA) is 15.7 Å². The van der Waals surface area contributed by atoms with Crippen LogP contribution in [0.4, 0.5) is 0 Å². The van der Waals surface area contributed by atoms with Gasteiger partial charge in [0, 0.05) is 38.3 Å². The van der Waals surface area contributed by atoms with Crippen molar-refractivity contribution in [2.24, 2.45) is 0 Å². The van der Waals surface area contributed by atoms with Crippen LogP contribution in [0.15, 0.2) is 30.3 Å². The van der Waals surface area contributed by atoms with Crippen molar-refractivity contribution in [2.45, 2.75) is 0 Å². The second-order valence-corrected chi connectivity index (χ2v) is 4.75. The number of likely N-dealkylation sites (N-methyl/N-ethyl adjacent to an activating group) is 1. The summed E-state index contributed by atoms with van der Waals surface area (Å²) in [6.45, 7) is 5.68. The number of hydrogen-bond acceptors (Lipinski definition) is 3. The third-order valence-electron chi connectivity index (χ3n) is 3.40. The molecule has 1 aliphatic rings. The molecule has 1 heterocycles. The molecule has 0 spiro atoms. The van der Waals surface area contributed by atoms with Gasteiger partial charge >= 0.3 is 0 Å². The zero-order valence-electron chi connectivity index (χ0n) is 11.3. The van der Waals surface area contributed by atoms with Gasteiger partial charge in [0.2, 0.25) is 0 Å². The van der Waals surface area contributed by atoms with Crippen molar-refractivity contribution in [3.63, 3.8) is 0 Å². The Morgan fingerprint density at radius 2 is 1.89 bits per heavy atom. The Morgan fingerprint density at radius 3 is 2.61 bits per heavy atom. The molecule has 18 heavy (non-hydrogen) atoms. The molecule has 0 atom stereocenters. The zero-order valence-corrected chi connectivity index (χ0v) is 11.3. The molecule has 0 unspecified atom stereocenters. The van der Waals surface area contributed by atoms with Crippen LogP contribution in [0.2, 0.25) is 0 Å². The summed E-state index contributed by atoms with van der Waals surface area (Å²) in [6, 6.07) is 8.11. The number of rotatable bonds is 4. The van der Waals surface area contributed by atoms with Gasteiger partial charge in [-0.1, -0.05) is 30.4 Å². The van der Waals surface area contributed by atoms with Crippen molar-refractivity contribution in [2.75, 3.05) is 46.9 Å². The molecule has 0 bridgehead atoms. The predicted octanol–water partition coefficient (Wildman–Crippen LogP) is 1.96. The molecule has 0 N–H and O–H groups in total. The summed E-state index contributed by atoms with van der Waals surface area (Å²) in [4.78, 5) is 4.85. The van der Waals surface area contributed by atoms with Gasteiger partial charge < -0.3 is 9.64 Å². The maximum atomic E-state index is 5.33. The van der Waals surface area contributed by atoms with E-state index in [1.165, 1.54) is 13.1 Å². The summed E-state index contributed by atoms with van der Waals surface area (Å²) >= 11 is 0. The fourth-order valence-electron chi connectivity index (χ4n) is 2.16. The molecule has 2 rings (SSSR count). The van der Waals surface area contributed by atoms with Gasteiger partial charge in [-0.25, -0.2) is 0 Å². The first-order valence-corrected chi connectivity index (χ1v) is 6.50. The highest BCUT2D eigenvalue weighted by molar-refractivity contribution is 5.57. The van der Waals surface area contributed by atoms with Crippen molar-refractivity contribution in [3.8, 4) is 5.75 Å². The molecular weight excluding hydrogens is 224 g/mol. The molecule has 3 nitrogen and oxygen atoms in total. The maximum Gasteiger partial charge on any atom is 0.126 e. The van der Waals surface area contributed by atoms with Crippen molar-refractivity contribution >= 4 is 6.08 Å². The first-order valence-electron chi connectivity index (χ1n) is 6.50. The van der Waals surface area contributed by atoms with E-state index in [2.05, 4.69) is 35.1 Å². The Hall–Kier alpha value is -1.32. The van der Waals surface area contributed by atoms with Gasteiger partial charge in [0.05, 0.1) is 7.11 Å². The van der Waals surface area contributed by atoms with Gasteiger partial charge in [0.15, 0.2) is 0 Å². The van der Waals surface area contributed by atoms with Crippen LogP contribution < -0.4 is 4.74 Å². The molecule has 1 aromatic rings. The van der Waals surface area contributed by atoms with Gasteiger partial charge in [-0.15, -0.1) is 0 Å². The SMILES string of the molecule is COc1ccccc1C=CCN1CCN(C)CC1. The van der Waals surface area contributed by atoms with Crippen molar-refractivity contribution < 1.29 is 4.74 Å². The Balaban J connectivity index is 1.87. The molecule has 1 aromatic carbocycles. The van der Waals surface area contributed by atoms with E-state index in [1.807, 2.05) is 18.2 Å². The van der Waals surface area contributed by atoms with Crippen molar-refractivity contribution in [1.82, 2.24) is 9.80 Å². The van der Waals surface area contributed by atoms with Crippen LogP contribution in [-0.4, -0.2) is 56.7 Å². The van der Waals surface area contributed by atoms with Crippen LogP contribution in [0.5, 0.6) is 5.75 Å². The average molecular weight is 246 g/mol. The minimum atomic E-state index is 0.937. The number of para-hydroxylation sites is 1. The Labute approximate surface area is 110 Å². The highest BCUT2D eigenvalue weighted by Gasteiger charge is 2.11. The molecular formula is C15H22N2O. The Morgan fingerprint density at radius 1 is 1.17 bits per heavy atom. The van der Waals surface area contributed by atoms with Crippen LogP contribution in [0.25, 0.3) is 6.08 Å².